The molecule has 1 aliphatic rings. The van der Waals surface area contributed by atoms with Crippen LogP contribution in [0.5, 0.6) is 5.75 Å². The van der Waals surface area contributed by atoms with Gasteiger partial charge in [0.1, 0.15) is 5.75 Å². The van der Waals surface area contributed by atoms with Crippen LogP contribution in [0.2, 0.25) is 0 Å². The van der Waals surface area contributed by atoms with Gasteiger partial charge < -0.3 is 4.74 Å². The van der Waals surface area contributed by atoms with Gasteiger partial charge in [0.15, 0.2) is 12.4 Å². The van der Waals surface area contributed by atoms with Crippen molar-refractivity contribution in [3.63, 3.8) is 0 Å². The number of hydrogen-bond donors (Lipinski definition) is 0. The van der Waals surface area contributed by atoms with Crippen molar-refractivity contribution >= 4 is 27.2 Å². The molecule has 2 aromatic rings. The van der Waals surface area contributed by atoms with Gasteiger partial charge >= 0.3 is 0 Å². The van der Waals surface area contributed by atoms with Crippen molar-refractivity contribution in [2.45, 2.75) is 20.3 Å². The molecule has 0 aromatic heterocycles. The lowest BCUT2D eigenvalue weighted by Crippen LogP contribution is -2.30. The molecule has 8 nitrogen and oxygen atoms in total. The highest BCUT2D eigenvalue weighted by Crippen LogP contribution is 2.31. The molecule has 0 saturated carbocycles. The summed E-state index contributed by atoms with van der Waals surface area (Å²) in [5.41, 5.74) is 2.31. The molecule has 0 atom stereocenters. The monoisotopic (exact) mass is 404 g/mol. The molecular formula is C19H20N2O6S. The van der Waals surface area contributed by atoms with Crippen LogP contribution < -0.4 is 9.04 Å². The number of nitro groups is 1. The van der Waals surface area contributed by atoms with Crippen LogP contribution in [0.1, 0.15) is 28.4 Å². The Labute approximate surface area is 162 Å². The number of benzene rings is 2. The Hall–Kier alpha value is -2.94. The molecule has 1 aliphatic heterocycles. The molecule has 0 unspecified atom stereocenters. The molecule has 28 heavy (non-hydrogen) atoms. The number of anilines is 1. The first-order valence-electron chi connectivity index (χ1n) is 8.77. The largest absolute Gasteiger partial charge is 0.485 e. The molecule has 9 heteroatoms. The minimum absolute atomic E-state index is 0.0103. The highest BCUT2D eigenvalue weighted by atomic mass is 32.2. The SMILES string of the molecule is CCS(=O)(=O)N1CCc2cc(C(=O)COc3ccc([N+](=O)[O-])c(C)c3)ccc21. The molecule has 148 valence electrons. The van der Waals surface area contributed by atoms with E-state index in [1.807, 2.05) is 0 Å². The zero-order chi connectivity index (χ0) is 20.5. The third-order valence-corrected chi connectivity index (χ3v) is 6.47. The van der Waals surface area contributed by atoms with Crippen LogP contribution >= 0.6 is 0 Å². The summed E-state index contributed by atoms with van der Waals surface area (Å²) in [6.07, 6.45) is 0.554. The summed E-state index contributed by atoms with van der Waals surface area (Å²) in [6.45, 7) is 3.36. The first-order chi connectivity index (χ1) is 13.2. The fraction of sp³-hybridized carbons (Fsp3) is 0.316. The highest BCUT2D eigenvalue weighted by Gasteiger charge is 2.28. The van der Waals surface area contributed by atoms with Crippen molar-refractivity contribution < 1.29 is 22.9 Å². The molecule has 0 fully saturated rings. The summed E-state index contributed by atoms with van der Waals surface area (Å²) < 4.78 is 31.1. The standard InChI is InChI=1S/C19H20N2O6S/c1-3-28(25,26)20-9-8-14-11-15(4-6-18(14)20)19(22)12-27-16-5-7-17(21(23)24)13(2)10-16/h4-7,10-11H,3,8-9,12H2,1-2H3. The lowest BCUT2D eigenvalue weighted by atomic mass is 10.1. The average Bonchev–Trinajstić information content (AvgIpc) is 3.09. The minimum Gasteiger partial charge on any atom is -0.485 e. The lowest BCUT2D eigenvalue weighted by Gasteiger charge is -2.18. The highest BCUT2D eigenvalue weighted by molar-refractivity contribution is 7.92. The van der Waals surface area contributed by atoms with Crippen molar-refractivity contribution in [3.05, 3.63) is 63.2 Å². The molecule has 0 saturated heterocycles. The number of carbonyl (C=O) groups is 1. The van der Waals surface area contributed by atoms with Crippen molar-refractivity contribution in [2.24, 2.45) is 0 Å². The predicted octanol–water partition coefficient (Wildman–Crippen LogP) is 2.88. The van der Waals surface area contributed by atoms with E-state index in [1.54, 1.807) is 32.0 Å². The topological polar surface area (TPSA) is 107 Å². The van der Waals surface area contributed by atoms with E-state index in [1.165, 1.54) is 22.5 Å². The Balaban J connectivity index is 1.71. The Morgan fingerprint density at radius 1 is 1.25 bits per heavy atom. The van der Waals surface area contributed by atoms with Crippen molar-refractivity contribution in [2.75, 3.05) is 23.2 Å². The number of Topliss-reactive ketones (excluding diaryl/α,β-unsaturated/α-hetero) is 1. The number of ketones is 1. The van der Waals surface area contributed by atoms with Gasteiger partial charge in [-0.25, -0.2) is 8.42 Å². The number of carbonyl (C=O) groups excluding carboxylic acids is 1. The van der Waals surface area contributed by atoms with Crippen molar-refractivity contribution in [1.82, 2.24) is 0 Å². The Morgan fingerprint density at radius 3 is 2.64 bits per heavy atom. The first-order valence-corrected chi connectivity index (χ1v) is 10.4. The minimum atomic E-state index is -3.33. The van der Waals surface area contributed by atoms with Crippen LogP contribution in [-0.2, 0) is 16.4 Å². The molecule has 2 aromatic carbocycles. The van der Waals surface area contributed by atoms with Gasteiger partial charge in [0.2, 0.25) is 10.0 Å². The van der Waals surface area contributed by atoms with Gasteiger partial charge in [0.25, 0.3) is 5.69 Å². The fourth-order valence-corrected chi connectivity index (χ4v) is 4.30. The Morgan fingerprint density at radius 2 is 2.00 bits per heavy atom. The average molecular weight is 404 g/mol. The number of sulfonamides is 1. The third kappa shape index (κ3) is 3.84. The van der Waals surface area contributed by atoms with Crippen LogP contribution in [0, 0.1) is 17.0 Å². The summed E-state index contributed by atoms with van der Waals surface area (Å²) in [5, 5.41) is 10.9. The van der Waals surface area contributed by atoms with Gasteiger partial charge in [0.05, 0.1) is 16.4 Å². The number of aryl methyl sites for hydroxylation is 1. The van der Waals surface area contributed by atoms with E-state index in [-0.39, 0.29) is 23.8 Å². The summed E-state index contributed by atoms with van der Waals surface area (Å²) in [7, 11) is -3.33. The molecule has 0 N–H and O–H groups in total. The summed E-state index contributed by atoms with van der Waals surface area (Å²) in [4.78, 5) is 22.8. The Bertz CT molecular complexity index is 1050. The van der Waals surface area contributed by atoms with Gasteiger partial charge in [-0.1, -0.05) is 0 Å². The number of ether oxygens (including phenoxy) is 1. The van der Waals surface area contributed by atoms with E-state index < -0.39 is 14.9 Å². The molecule has 1 heterocycles. The maximum Gasteiger partial charge on any atom is 0.272 e. The second-order valence-electron chi connectivity index (χ2n) is 6.48. The quantitative estimate of drug-likeness (QED) is 0.399. The van der Waals surface area contributed by atoms with E-state index in [0.717, 1.165) is 5.56 Å². The van der Waals surface area contributed by atoms with Gasteiger partial charge in [-0.2, -0.15) is 0 Å². The van der Waals surface area contributed by atoms with E-state index in [0.29, 0.717) is 35.5 Å². The molecular weight excluding hydrogens is 384 g/mol. The van der Waals surface area contributed by atoms with Gasteiger partial charge in [-0.3, -0.25) is 19.2 Å². The van der Waals surface area contributed by atoms with Crippen LogP contribution in [-0.4, -0.2) is 38.0 Å². The van der Waals surface area contributed by atoms with E-state index in [4.69, 9.17) is 4.74 Å². The molecule has 0 spiro atoms. The van der Waals surface area contributed by atoms with Crippen LogP contribution in [0.25, 0.3) is 0 Å². The lowest BCUT2D eigenvalue weighted by molar-refractivity contribution is -0.385. The summed E-state index contributed by atoms with van der Waals surface area (Å²) in [6, 6.07) is 9.25. The van der Waals surface area contributed by atoms with Crippen LogP contribution in [0.4, 0.5) is 11.4 Å². The molecule has 0 aliphatic carbocycles. The normalized spacial score (nSPS) is 13.3. The number of rotatable bonds is 7. The number of fused-ring (bicyclic) bond motifs is 1. The summed E-state index contributed by atoms with van der Waals surface area (Å²) >= 11 is 0. The maximum absolute atomic E-state index is 12.4. The second-order valence-corrected chi connectivity index (χ2v) is 8.67. The van der Waals surface area contributed by atoms with E-state index in [2.05, 4.69) is 0 Å². The maximum atomic E-state index is 12.4. The first kappa shape index (κ1) is 19.8. The summed E-state index contributed by atoms with van der Waals surface area (Å²) in [5.74, 6) is 0.142. The van der Waals surface area contributed by atoms with Crippen LogP contribution in [0.15, 0.2) is 36.4 Å². The number of nitrogens with zero attached hydrogens (tertiary/aromatic N) is 2. The van der Waals surface area contributed by atoms with Gasteiger partial charge in [-0.05, 0) is 56.2 Å². The smallest absolute Gasteiger partial charge is 0.272 e. The van der Waals surface area contributed by atoms with E-state index in [9.17, 15) is 23.3 Å². The second kappa shape index (κ2) is 7.59. The molecule has 0 amide bonds. The number of hydrogen-bond acceptors (Lipinski definition) is 6. The Kier molecular flexibility index (Phi) is 5.37. The number of nitro benzene ring substituents is 1. The van der Waals surface area contributed by atoms with Crippen LogP contribution in [0.3, 0.4) is 0 Å². The molecule has 3 rings (SSSR count). The zero-order valence-electron chi connectivity index (χ0n) is 15.5. The zero-order valence-corrected chi connectivity index (χ0v) is 16.4. The van der Waals surface area contributed by atoms with Gasteiger partial charge in [0, 0.05) is 23.7 Å². The van der Waals surface area contributed by atoms with Crippen molar-refractivity contribution in [1.29, 1.82) is 0 Å². The van der Waals surface area contributed by atoms with E-state index >= 15 is 0 Å². The fourth-order valence-electron chi connectivity index (χ4n) is 3.14. The third-order valence-electron chi connectivity index (χ3n) is 4.69. The molecule has 0 radical (unpaired) electrons. The van der Waals surface area contributed by atoms with Gasteiger partial charge in [-0.15, -0.1) is 0 Å². The molecule has 0 bridgehead atoms. The predicted molar refractivity (Wildman–Crippen MR) is 105 cm³/mol. The van der Waals surface area contributed by atoms with Crippen molar-refractivity contribution in [3.8, 4) is 5.75 Å².